The lowest BCUT2D eigenvalue weighted by atomic mass is 9.97. The number of carboxylic acids is 1. The number of rotatable bonds is 4. The van der Waals surface area contributed by atoms with Crippen LogP contribution < -0.4 is 0 Å². The van der Waals surface area contributed by atoms with Crippen LogP contribution in [0.4, 0.5) is 13.2 Å². The average Bonchev–Trinajstić information content (AvgIpc) is 3.06. The zero-order valence-corrected chi connectivity index (χ0v) is 14.1. The summed E-state index contributed by atoms with van der Waals surface area (Å²) in [4.78, 5) is 16.8. The number of alkyl halides is 3. The van der Waals surface area contributed by atoms with Gasteiger partial charge in [-0.1, -0.05) is 12.1 Å². The van der Waals surface area contributed by atoms with Crippen LogP contribution in [0.1, 0.15) is 45.4 Å². The van der Waals surface area contributed by atoms with Crippen LogP contribution in [0.5, 0.6) is 0 Å². The molecular weight excluding hydrogens is 353 g/mol. The second-order valence-corrected chi connectivity index (χ2v) is 7.01. The van der Waals surface area contributed by atoms with Gasteiger partial charge in [-0.3, -0.25) is 4.90 Å². The molecule has 0 atom stereocenters. The first-order chi connectivity index (χ1) is 11.8. The minimum absolute atomic E-state index is 0.0757. The molecule has 3 rings (SSSR count). The molecule has 1 aliphatic heterocycles. The van der Waals surface area contributed by atoms with Crippen molar-refractivity contribution in [1.82, 2.24) is 9.88 Å². The van der Waals surface area contributed by atoms with Crippen molar-refractivity contribution >= 4 is 17.3 Å². The van der Waals surface area contributed by atoms with Crippen molar-refractivity contribution < 1.29 is 23.1 Å². The second kappa shape index (κ2) is 7.13. The Bertz CT molecular complexity index is 735. The van der Waals surface area contributed by atoms with E-state index in [1.165, 1.54) is 0 Å². The normalized spacial score (nSPS) is 16.9. The van der Waals surface area contributed by atoms with Crippen molar-refractivity contribution in [3.05, 3.63) is 51.5 Å². The molecule has 134 valence electrons. The van der Waals surface area contributed by atoms with Gasteiger partial charge in [-0.2, -0.15) is 13.2 Å². The zero-order valence-electron chi connectivity index (χ0n) is 13.3. The number of thiazole rings is 1. The third-order valence-electron chi connectivity index (χ3n) is 4.36. The topological polar surface area (TPSA) is 53.4 Å². The predicted molar refractivity (Wildman–Crippen MR) is 87.8 cm³/mol. The Balaban J connectivity index is 1.55. The van der Waals surface area contributed by atoms with Crippen LogP contribution in [-0.4, -0.2) is 34.0 Å². The Kier molecular flexibility index (Phi) is 5.10. The first-order valence-electron chi connectivity index (χ1n) is 7.90. The van der Waals surface area contributed by atoms with Gasteiger partial charge in [0, 0.05) is 17.8 Å². The van der Waals surface area contributed by atoms with Crippen LogP contribution in [0.2, 0.25) is 0 Å². The lowest BCUT2D eigenvalue weighted by Crippen LogP contribution is -2.32. The van der Waals surface area contributed by atoms with Gasteiger partial charge >= 0.3 is 12.1 Å². The molecule has 2 aromatic rings. The van der Waals surface area contributed by atoms with Crippen molar-refractivity contribution in [2.45, 2.75) is 31.5 Å². The fourth-order valence-corrected chi connectivity index (χ4v) is 3.95. The molecule has 0 saturated carbocycles. The molecule has 1 aromatic heterocycles. The maximum Gasteiger partial charge on any atom is 0.434 e. The maximum atomic E-state index is 12.7. The highest BCUT2D eigenvalue weighted by molar-refractivity contribution is 7.09. The number of halogens is 3. The molecular formula is C17H17F3N2O2S. The molecule has 0 aliphatic carbocycles. The molecule has 8 heteroatoms. The molecule has 2 heterocycles. The molecule has 1 N–H and O–H groups in total. The summed E-state index contributed by atoms with van der Waals surface area (Å²) in [5.41, 5.74) is 0.484. The van der Waals surface area contributed by atoms with Crippen molar-refractivity contribution in [2.24, 2.45) is 0 Å². The third-order valence-corrected chi connectivity index (χ3v) is 5.36. The highest BCUT2D eigenvalue weighted by atomic mass is 32.1. The van der Waals surface area contributed by atoms with Crippen LogP contribution in [0.25, 0.3) is 0 Å². The van der Waals surface area contributed by atoms with Gasteiger partial charge in [0.2, 0.25) is 0 Å². The Morgan fingerprint density at radius 2 is 1.88 bits per heavy atom. The highest BCUT2D eigenvalue weighted by Gasteiger charge is 2.35. The fraction of sp³-hybridized carbons (Fsp3) is 0.412. The fourth-order valence-electron chi connectivity index (χ4n) is 2.95. The smallest absolute Gasteiger partial charge is 0.434 e. The quantitative estimate of drug-likeness (QED) is 0.875. The predicted octanol–water partition coefficient (Wildman–Crippen LogP) is 4.24. The Morgan fingerprint density at radius 3 is 2.40 bits per heavy atom. The van der Waals surface area contributed by atoms with Gasteiger partial charge in [0.1, 0.15) is 0 Å². The molecule has 1 saturated heterocycles. The minimum atomic E-state index is -4.38. The van der Waals surface area contributed by atoms with E-state index in [-0.39, 0.29) is 11.5 Å². The molecule has 1 fully saturated rings. The molecule has 0 radical (unpaired) electrons. The van der Waals surface area contributed by atoms with Gasteiger partial charge in [0.15, 0.2) is 5.69 Å². The number of benzene rings is 1. The SMILES string of the molecule is O=C(O)c1ccc(CN2CCC(c3nc(C(F)(F)F)cs3)CC2)cc1. The lowest BCUT2D eigenvalue weighted by molar-refractivity contribution is -0.140. The van der Waals surface area contributed by atoms with E-state index in [0.717, 1.165) is 48.2 Å². The molecule has 1 aromatic carbocycles. The monoisotopic (exact) mass is 370 g/mol. The number of hydrogen-bond donors (Lipinski definition) is 1. The number of hydrogen-bond acceptors (Lipinski definition) is 4. The number of aromatic carboxylic acids is 1. The Morgan fingerprint density at radius 1 is 1.24 bits per heavy atom. The summed E-state index contributed by atoms with van der Waals surface area (Å²) in [6.07, 6.45) is -2.83. The first kappa shape index (κ1) is 17.9. The van der Waals surface area contributed by atoms with Crippen LogP contribution in [0, 0.1) is 0 Å². The molecule has 4 nitrogen and oxygen atoms in total. The van der Waals surface area contributed by atoms with E-state index < -0.39 is 17.8 Å². The Hall–Kier alpha value is -1.93. The number of nitrogens with zero attached hydrogens (tertiary/aromatic N) is 2. The summed E-state index contributed by atoms with van der Waals surface area (Å²) in [5, 5.41) is 10.6. The first-order valence-corrected chi connectivity index (χ1v) is 8.78. The van der Waals surface area contributed by atoms with Gasteiger partial charge in [-0.05, 0) is 43.6 Å². The van der Waals surface area contributed by atoms with Crippen LogP contribution in [-0.2, 0) is 12.7 Å². The van der Waals surface area contributed by atoms with Crippen LogP contribution >= 0.6 is 11.3 Å². The summed E-state index contributed by atoms with van der Waals surface area (Å²) in [6.45, 7) is 2.27. The van der Waals surface area contributed by atoms with Crippen LogP contribution in [0.3, 0.4) is 0 Å². The summed E-state index contributed by atoms with van der Waals surface area (Å²) in [6, 6.07) is 6.76. The summed E-state index contributed by atoms with van der Waals surface area (Å²) >= 11 is 1.09. The number of aromatic nitrogens is 1. The lowest BCUT2D eigenvalue weighted by Gasteiger charge is -2.31. The minimum Gasteiger partial charge on any atom is -0.478 e. The van der Waals surface area contributed by atoms with Crippen molar-refractivity contribution in [1.29, 1.82) is 0 Å². The number of piperidine rings is 1. The average molecular weight is 370 g/mol. The zero-order chi connectivity index (χ0) is 18.0. The van der Waals surface area contributed by atoms with E-state index in [4.69, 9.17) is 5.11 Å². The largest absolute Gasteiger partial charge is 0.478 e. The second-order valence-electron chi connectivity index (χ2n) is 6.12. The summed E-state index contributed by atoms with van der Waals surface area (Å²) in [5.74, 6) is -0.874. The molecule has 0 amide bonds. The van der Waals surface area contributed by atoms with Gasteiger partial charge in [0.05, 0.1) is 10.6 Å². The van der Waals surface area contributed by atoms with Crippen molar-refractivity contribution in [2.75, 3.05) is 13.1 Å². The standard InChI is InChI=1S/C17H17F3N2O2S/c18-17(19,20)14-10-25-15(21-14)12-5-7-22(8-6-12)9-11-1-3-13(4-2-11)16(23)24/h1-4,10,12H,5-9H2,(H,23,24). The van der Waals surface area contributed by atoms with E-state index >= 15 is 0 Å². The number of carboxylic acid groups (broad SMARTS) is 1. The maximum absolute atomic E-state index is 12.7. The van der Waals surface area contributed by atoms with E-state index in [1.807, 2.05) is 0 Å². The summed E-state index contributed by atoms with van der Waals surface area (Å²) < 4.78 is 38.0. The van der Waals surface area contributed by atoms with Gasteiger partial charge in [-0.25, -0.2) is 9.78 Å². The van der Waals surface area contributed by atoms with Gasteiger partial charge < -0.3 is 5.11 Å². The number of carbonyl (C=O) groups is 1. The van der Waals surface area contributed by atoms with Crippen LogP contribution in [0.15, 0.2) is 29.6 Å². The van der Waals surface area contributed by atoms with Crippen molar-refractivity contribution in [3.63, 3.8) is 0 Å². The van der Waals surface area contributed by atoms with E-state index in [9.17, 15) is 18.0 Å². The molecule has 0 unspecified atom stereocenters. The summed E-state index contributed by atoms with van der Waals surface area (Å²) in [7, 11) is 0. The van der Waals surface area contributed by atoms with E-state index in [2.05, 4.69) is 9.88 Å². The van der Waals surface area contributed by atoms with E-state index in [1.54, 1.807) is 24.3 Å². The molecule has 1 aliphatic rings. The van der Waals surface area contributed by atoms with Gasteiger partial charge in [0.25, 0.3) is 0 Å². The molecule has 25 heavy (non-hydrogen) atoms. The van der Waals surface area contributed by atoms with Crippen molar-refractivity contribution in [3.8, 4) is 0 Å². The van der Waals surface area contributed by atoms with E-state index in [0.29, 0.717) is 11.6 Å². The van der Waals surface area contributed by atoms with Gasteiger partial charge in [-0.15, -0.1) is 11.3 Å². The molecule has 0 spiro atoms. The Labute approximate surface area is 146 Å². The number of likely N-dealkylation sites (tertiary alicyclic amines) is 1. The third kappa shape index (κ3) is 4.38. The molecule has 0 bridgehead atoms. The highest BCUT2D eigenvalue weighted by Crippen LogP contribution is 2.35.